The lowest BCUT2D eigenvalue weighted by molar-refractivity contribution is -0.0498. The number of aliphatic hydroxyl groups is 1. The van der Waals surface area contributed by atoms with E-state index >= 15 is 0 Å². The van der Waals surface area contributed by atoms with Crippen LogP contribution in [0.3, 0.4) is 0 Å². The van der Waals surface area contributed by atoms with Gasteiger partial charge >= 0.3 is 0 Å². The van der Waals surface area contributed by atoms with Gasteiger partial charge in [0.15, 0.2) is 0 Å². The monoisotopic (exact) mass is 274 g/mol. The predicted molar refractivity (Wildman–Crippen MR) is 63.1 cm³/mol. The summed E-state index contributed by atoms with van der Waals surface area (Å²) < 4.78 is 14.2. The van der Waals surface area contributed by atoms with Crippen molar-refractivity contribution in [2.45, 2.75) is 33.3 Å². The van der Waals surface area contributed by atoms with E-state index < -0.39 is 16.8 Å². The van der Waals surface area contributed by atoms with E-state index in [1.165, 1.54) is 0 Å². The molecule has 0 fully saturated rings. The molecule has 84 valence electrons. The summed E-state index contributed by atoms with van der Waals surface area (Å²) in [5, 5.41) is 10.4. The van der Waals surface area contributed by atoms with E-state index in [1.807, 2.05) is 20.8 Å². The van der Waals surface area contributed by atoms with E-state index in [4.69, 9.17) is 0 Å². The topological polar surface area (TPSA) is 20.2 Å². The molecule has 1 rings (SSSR count). The zero-order chi connectivity index (χ0) is 11.9. The van der Waals surface area contributed by atoms with Crippen LogP contribution in [0.5, 0.6) is 0 Å². The molecule has 0 saturated carbocycles. The van der Waals surface area contributed by atoms with Crippen LogP contribution < -0.4 is 0 Å². The second-order valence-electron chi connectivity index (χ2n) is 4.92. The maximum atomic E-state index is 13.8. The van der Waals surface area contributed by atoms with Crippen molar-refractivity contribution in [1.29, 1.82) is 0 Å². The van der Waals surface area contributed by atoms with Gasteiger partial charge in [-0.25, -0.2) is 4.39 Å². The zero-order valence-corrected chi connectivity index (χ0v) is 11.0. The molecule has 0 radical (unpaired) electrons. The average Bonchev–Trinajstić information content (AvgIpc) is 2.07. The van der Waals surface area contributed by atoms with Crippen molar-refractivity contribution in [3.63, 3.8) is 0 Å². The molecule has 1 unspecified atom stereocenters. The first-order chi connectivity index (χ1) is 6.68. The molecule has 0 amide bonds. The molecule has 0 bridgehead atoms. The lowest BCUT2D eigenvalue weighted by Crippen LogP contribution is -2.37. The molecule has 0 heterocycles. The third-order valence-electron chi connectivity index (χ3n) is 2.94. The van der Waals surface area contributed by atoms with Gasteiger partial charge in [0.25, 0.3) is 0 Å². The summed E-state index contributed by atoms with van der Waals surface area (Å²) in [6, 6.07) is 4.96. The van der Waals surface area contributed by atoms with E-state index in [1.54, 1.807) is 25.1 Å². The third-order valence-corrected chi connectivity index (χ3v) is 3.55. The fraction of sp³-hybridized carbons (Fsp3) is 0.500. The molecular formula is C12H16BrFO. The van der Waals surface area contributed by atoms with Gasteiger partial charge in [-0.2, -0.15) is 0 Å². The quantitative estimate of drug-likeness (QED) is 0.825. The Hall–Kier alpha value is -0.410. The minimum absolute atomic E-state index is 0.323. The number of benzene rings is 1. The largest absolute Gasteiger partial charge is 0.385 e. The zero-order valence-electron chi connectivity index (χ0n) is 9.44. The second kappa shape index (κ2) is 3.87. The van der Waals surface area contributed by atoms with Crippen LogP contribution >= 0.6 is 15.9 Å². The van der Waals surface area contributed by atoms with Crippen molar-refractivity contribution in [3.05, 3.63) is 34.1 Å². The molecule has 15 heavy (non-hydrogen) atoms. The van der Waals surface area contributed by atoms with Crippen LogP contribution in [0.25, 0.3) is 0 Å². The molecule has 1 aromatic carbocycles. The van der Waals surface area contributed by atoms with Crippen LogP contribution in [0.2, 0.25) is 0 Å². The molecule has 1 nitrogen and oxygen atoms in total. The van der Waals surface area contributed by atoms with Crippen LogP contribution in [-0.4, -0.2) is 5.11 Å². The fourth-order valence-corrected chi connectivity index (χ4v) is 1.65. The molecule has 1 atom stereocenters. The van der Waals surface area contributed by atoms with Crippen LogP contribution in [0.15, 0.2) is 22.7 Å². The first kappa shape index (κ1) is 12.7. The van der Waals surface area contributed by atoms with Crippen molar-refractivity contribution >= 4 is 15.9 Å². The Morgan fingerprint density at radius 3 is 2.20 bits per heavy atom. The Kier molecular flexibility index (Phi) is 3.27. The summed E-state index contributed by atoms with van der Waals surface area (Å²) in [6.07, 6.45) is 0. The number of hydrogen-bond donors (Lipinski definition) is 1. The van der Waals surface area contributed by atoms with Gasteiger partial charge in [-0.1, -0.05) is 32.9 Å². The van der Waals surface area contributed by atoms with Crippen molar-refractivity contribution in [3.8, 4) is 0 Å². The van der Waals surface area contributed by atoms with E-state index in [-0.39, 0.29) is 0 Å². The van der Waals surface area contributed by atoms with Gasteiger partial charge in [-0.15, -0.1) is 0 Å². The highest BCUT2D eigenvalue weighted by atomic mass is 79.9. The summed E-state index contributed by atoms with van der Waals surface area (Å²) in [5.41, 5.74) is -1.29. The fourth-order valence-electron chi connectivity index (χ4n) is 1.28. The predicted octanol–water partition coefficient (Wildman–Crippen LogP) is 3.84. The van der Waals surface area contributed by atoms with Crippen molar-refractivity contribution < 1.29 is 9.50 Å². The summed E-state index contributed by atoms with van der Waals surface area (Å²) >= 11 is 3.12. The normalized spacial score (nSPS) is 16.2. The Bertz CT molecular complexity index is 366. The van der Waals surface area contributed by atoms with Crippen molar-refractivity contribution in [2.24, 2.45) is 5.41 Å². The average molecular weight is 275 g/mol. The highest BCUT2D eigenvalue weighted by Gasteiger charge is 2.39. The number of rotatable bonds is 1. The minimum atomic E-state index is -1.19. The summed E-state index contributed by atoms with van der Waals surface area (Å²) in [4.78, 5) is 0. The lowest BCUT2D eigenvalue weighted by atomic mass is 9.73. The van der Waals surface area contributed by atoms with Crippen LogP contribution in [0.1, 0.15) is 33.3 Å². The van der Waals surface area contributed by atoms with Gasteiger partial charge in [0.2, 0.25) is 0 Å². The third kappa shape index (κ3) is 2.23. The van der Waals surface area contributed by atoms with E-state index in [9.17, 15) is 9.50 Å². The lowest BCUT2D eigenvalue weighted by Gasteiger charge is -2.37. The SMILES string of the molecule is CC(C)(C)C(C)(O)c1cccc(Br)c1F. The van der Waals surface area contributed by atoms with E-state index in [2.05, 4.69) is 15.9 Å². The number of halogens is 2. The number of hydrogen-bond acceptors (Lipinski definition) is 1. The van der Waals surface area contributed by atoms with Gasteiger partial charge in [0.1, 0.15) is 5.82 Å². The Balaban J connectivity index is 3.34. The van der Waals surface area contributed by atoms with Crippen LogP contribution in [-0.2, 0) is 5.60 Å². The highest BCUT2D eigenvalue weighted by molar-refractivity contribution is 9.10. The molecule has 0 aliphatic carbocycles. The van der Waals surface area contributed by atoms with Crippen LogP contribution in [0.4, 0.5) is 4.39 Å². The van der Waals surface area contributed by atoms with Gasteiger partial charge < -0.3 is 5.11 Å². The van der Waals surface area contributed by atoms with Crippen molar-refractivity contribution in [2.75, 3.05) is 0 Å². The Labute approximate surface area is 98.4 Å². The molecule has 1 N–H and O–H groups in total. The Morgan fingerprint density at radius 2 is 1.73 bits per heavy atom. The molecule has 0 aliphatic rings. The first-order valence-corrected chi connectivity index (χ1v) is 5.64. The maximum absolute atomic E-state index is 13.8. The minimum Gasteiger partial charge on any atom is -0.385 e. The standard InChI is InChI=1S/C12H16BrFO/c1-11(2,3)12(4,15)8-6-5-7-9(13)10(8)14/h5-7,15H,1-4H3. The first-order valence-electron chi connectivity index (χ1n) is 4.85. The Morgan fingerprint density at radius 1 is 1.20 bits per heavy atom. The molecule has 3 heteroatoms. The van der Waals surface area contributed by atoms with E-state index in [0.717, 1.165) is 0 Å². The smallest absolute Gasteiger partial charge is 0.143 e. The van der Waals surface area contributed by atoms with Crippen molar-refractivity contribution in [1.82, 2.24) is 0 Å². The maximum Gasteiger partial charge on any atom is 0.143 e. The van der Waals surface area contributed by atoms with Gasteiger partial charge in [0, 0.05) is 5.56 Å². The van der Waals surface area contributed by atoms with Gasteiger partial charge in [-0.3, -0.25) is 0 Å². The molecule has 0 saturated heterocycles. The van der Waals surface area contributed by atoms with Gasteiger partial charge in [-0.05, 0) is 34.3 Å². The molecule has 1 aromatic rings. The van der Waals surface area contributed by atoms with Crippen LogP contribution in [0, 0.1) is 11.2 Å². The molecular weight excluding hydrogens is 259 g/mol. The van der Waals surface area contributed by atoms with E-state index in [0.29, 0.717) is 10.0 Å². The second-order valence-corrected chi connectivity index (χ2v) is 5.78. The summed E-state index contributed by atoms with van der Waals surface area (Å²) in [5.74, 6) is -0.391. The highest BCUT2D eigenvalue weighted by Crippen LogP contribution is 2.40. The van der Waals surface area contributed by atoms with Gasteiger partial charge in [0.05, 0.1) is 10.1 Å². The summed E-state index contributed by atoms with van der Waals surface area (Å²) in [6.45, 7) is 7.28. The molecule has 0 spiro atoms. The molecule has 0 aromatic heterocycles. The summed E-state index contributed by atoms with van der Waals surface area (Å²) in [7, 11) is 0. The molecule has 0 aliphatic heterocycles.